The predicted octanol–water partition coefficient (Wildman–Crippen LogP) is 12.1. The van der Waals surface area contributed by atoms with E-state index < -0.39 is 0 Å². The molecule has 6 nitrogen and oxygen atoms in total. The number of hydrogen-bond donors (Lipinski definition) is 0. The number of rotatable bonds is 5. The van der Waals surface area contributed by atoms with Crippen molar-refractivity contribution in [1.29, 1.82) is 0 Å². The molecule has 252 valence electrons. The van der Waals surface area contributed by atoms with Gasteiger partial charge in [-0.1, -0.05) is 127 Å². The van der Waals surface area contributed by atoms with Gasteiger partial charge in [0.2, 0.25) is 0 Å². The first-order chi connectivity index (χ1) is 26.7. The van der Waals surface area contributed by atoms with Crippen LogP contribution in [-0.4, -0.2) is 25.0 Å². The third-order valence-corrected chi connectivity index (χ3v) is 10.3. The summed E-state index contributed by atoms with van der Waals surface area (Å²) in [4.78, 5) is 12.3. The number of hydrogen-bond acceptors (Lipinski definition) is 5. The summed E-state index contributed by atoms with van der Waals surface area (Å²) in [7, 11) is 0. The Bertz CT molecular complexity index is 3220. The fourth-order valence-corrected chi connectivity index (χ4v) is 7.67. The lowest BCUT2D eigenvalue weighted by molar-refractivity contribution is 0.669. The molecule has 6 heteroatoms. The minimum atomic E-state index is 0.636. The van der Waals surface area contributed by atoms with Crippen molar-refractivity contribution in [2.75, 3.05) is 0 Å². The van der Waals surface area contributed by atoms with E-state index in [4.69, 9.17) is 24.6 Å². The van der Waals surface area contributed by atoms with Gasteiger partial charge < -0.3 is 4.42 Å². The highest BCUT2D eigenvalue weighted by Gasteiger charge is 2.18. The van der Waals surface area contributed by atoms with Gasteiger partial charge in [0.05, 0.1) is 17.1 Å². The molecule has 8 aromatic carbocycles. The summed E-state index contributed by atoms with van der Waals surface area (Å²) in [5.41, 5.74) is 11.1. The first-order valence-corrected chi connectivity index (χ1v) is 18.0. The molecule has 0 amide bonds. The molecule has 0 aliphatic rings. The monoisotopic (exact) mass is 691 g/mol. The van der Waals surface area contributed by atoms with Gasteiger partial charge in [0, 0.05) is 32.8 Å². The maximum atomic E-state index is 6.31. The van der Waals surface area contributed by atoms with Crippen LogP contribution in [-0.2, 0) is 0 Å². The highest BCUT2D eigenvalue weighted by atomic mass is 16.3. The van der Waals surface area contributed by atoms with E-state index in [1.807, 2.05) is 66.7 Å². The summed E-state index contributed by atoms with van der Waals surface area (Å²) < 4.78 is 6.31. The van der Waals surface area contributed by atoms with Crippen molar-refractivity contribution in [3.05, 3.63) is 176 Å². The average Bonchev–Trinajstić information content (AvgIpc) is 3.86. The minimum absolute atomic E-state index is 0.636. The lowest BCUT2D eigenvalue weighted by Gasteiger charge is -2.12. The summed E-state index contributed by atoms with van der Waals surface area (Å²) in [6.45, 7) is 0. The molecule has 0 radical (unpaired) electrons. The number of aromatic nitrogens is 5. The molecule has 11 aromatic rings. The second-order valence-electron chi connectivity index (χ2n) is 13.5. The van der Waals surface area contributed by atoms with Gasteiger partial charge >= 0.3 is 0 Å². The Morgan fingerprint density at radius 1 is 0.426 bits per heavy atom. The van der Waals surface area contributed by atoms with Crippen LogP contribution in [0.2, 0.25) is 0 Å². The predicted molar refractivity (Wildman–Crippen MR) is 218 cm³/mol. The van der Waals surface area contributed by atoms with Crippen molar-refractivity contribution in [1.82, 2.24) is 25.0 Å². The molecule has 0 saturated carbocycles. The van der Waals surface area contributed by atoms with Crippen LogP contribution >= 0.6 is 0 Å². The van der Waals surface area contributed by atoms with Crippen LogP contribution in [0.15, 0.2) is 180 Å². The molecule has 0 aliphatic heterocycles. The van der Waals surface area contributed by atoms with Crippen LogP contribution in [0.5, 0.6) is 0 Å². The Hall–Kier alpha value is -7.44. The van der Waals surface area contributed by atoms with Crippen LogP contribution in [0.4, 0.5) is 0 Å². The lowest BCUT2D eigenvalue weighted by atomic mass is 9.97. The Labute approximate surface area is 309 Å². The molecule has 0 bridgehead atoms. The molecule has 54 heavy (non-hydrogen) atoms. The summed E-state index contributed by atoms with van der Waals surface area (Å²) in [5, 5.41) is 16.3. The van der Waals surface area contributed by atoms with E-state index in [1.54, 1.807) is 4.80 Å². The third kappa shape index (κ3) is 4.96. The van der Waals surface area contributed by atoms with Crippen LogP contribution < -0.4 is 0 Å². The molecule has 11 rings (SSSR count). The molecule has 3 heterocycles. The Balaban J connectivity index is 1.15. The summed E-state index contributed by atoms with van der Waals surface area (Å²) in [6.07, 6.45) is 0. The SMILES string of the molecule is c1ccc(-c2cccc(-c3cc(-c4cccc5oc6ccccc6c45)nc(-c4ccc5ccc6ccc7nn(-c8ccccc8)nc7c6c5c4)n3)c2)cc1. The second kappa shape index (κ2) is 12.1. The fourth-order valence-electron chi connectivity index (χ4n) is 7.67. The maximum absolute atomic E-state index is 6.31. The maximum Gasteiger partial charge on any atom is 0.160 e. The molecule has 0 saturated heterocycles. The number of para-hydroxylation sites is 2. The van der Waals surface area contributed by atoms with Crippen molar-refractivity contribution in [3.63, 3.8) is 0 Å². The number of nitrogens with zero attached hydrogens (tertiary/aromatic N) is 5. The molecule has 0 fully saturated rings. The third-order valence-electron chi connectivity index (χ3n) is 10.3. The van der Waals surface area contributed by atoms with Gasteiger partial charge in [-0.15, -0.1) is 10.2 Å². The first-order valence-electron chi connectivity index (χ1n) is 18.0. The van der Waals surface area contributed by atoms with E-state index in [9.17, 15) is 0 Å². The summed E-state index contributed by atoms with van der Waals surface area (Å²) >= 11 is 0. The van der Waals surface area contributed by atoms with Gasteiger partial charge in [0.1, 0.15) is 22.2 Å². The molecule has 0 N–H and O–H groups in total. The van der Waals surface area contributed by atoms with Gasteiger partial charge in [-0.2, -0.15) is 4.80 Å². The van der Waals surface area contributed by atoms with Crippen LogP contribution in [0, 0.1) is 0 Å². The quantitative estimate of drug-likeness (QED) is 0.168. The van der Waals surface area contributed by atoms with Gasteiger partial charge in [-0.05, 0) is 75.8 Å². The molecule has 0 spiro atoms. The van der Waals surface area contributed by atoms with Crippen molar-refractivity contribution in [3.8, 4) is 50.7 Å². The highest BCUT2D eigenvalue weighted by Crippen LogP contribution is 2.39. The van der Waals surface area contributed by atoms with Crippen molar-refractivity contribution >= 4 is 54.5 Å². The topological polar surface area (TPSA) is 69.6 Å². The standard InChI is InChI=1S/C48H29N5O/c1-3-11-30(12-4-1)33-13-9-14-34(27-33)41-29-42(37-18-10-20-44-46(37)38-17-7-8-19-43(38)54-44)50-48(49-41)35-24-22-31-21-23-32-25-26-40-47(45(32)39(31)28-35)52-53(51-40)36-15-5-2-6-16-36/h1-29H. The lowest BCUT2D eigenvalue weighted by Crippen LogP contribution is -1.97. The molecule has 0 unspecified atom stereocenters. The van der Waals surface area contributed by atoms with E-state index in [-0.39, 0.29) is 0 Å². The van der Waals surface area contributed by atoms with E-state index in [1.165, 1.54) is 0 Å². The van der Waals surface area contributed by atoms with Gasteiger partial charge in [-0.3, -0.25) is 0 Å². The normalized spacial score (nSPS) is 11.7. The van der Waals surface area contributed by atoms with Crippen molar-refractivity contribution < 1.29 is 4.42 Å². The molecule has 0 atom stereocenters. The van der Waals surface area contributed by atoms with E-state index in [2.05, 4.69) is 109 Å². The molecule has 3 aromatic heterocycles. The Morgan fingerprint density at radius 3 is 2.04 bits per heavy atom. The first kappa shape index (κ1) is 30.2. The van der Waals surface area contributed by atoms with Crippen LogP contribution in [0.1, 0.15) is 0 Å². The second-order valence-corrected chi connectivity index (χ2v) is 13.5. The van der Waals surface area contributed by atoms with E-state index >= 15 is 0 Å². The zero-order valence-electron chi connectivity index (χ0n) is 28.9. The van der Waals surface area contributed by atoms with E-state index in [0.717, 1.165) is 99.4 Å². The average molecular weight is 692 g/mol. The Morgan fingerprint density at radius 2 is 1.13 bits per heavy atom. The summed E-state index contributed by atoms with van der Waals surface area (Å²) in [6, 6.07) is 60.5. The van der Waals surface area contributed by atoms with Crippen LogP contribution in [0.25, 0.3) is 105 Å². The van der Waals surface area contributed by atoms with Gasteiger partial charge in [0.25, 0.3) is 0 Å². The van der Waals surface area contributed by atoms with Gasteiger partial charge in [0.15, 0.2) is 5.82 Å². The number of furan rings is 1. The molecular weight excluding hydrogens is 663 g/mol. The largest absolute Gasteiger partial charge is 0.456 e. The highest BCUT2D eigenvalue weighted by molar-refractivity contribution is 6.19. The van der Waals surface area contributed by atoms with Crippen molar-refractivity contribution in [2.24, 2.45) is 0 Å². The van der Waals surface area contributed by atoms with Crippen molar-refractivity contribution in [2.45, 2.75) is 0 Å². The van der Waals surface area contributed by atoms with Gasteiger partial charge in [-0.25, -0.2) is 9.97 Å². The zero-order valence-corrected chi connectivity index (χ0v) is 28.9. The number of fused-ring (bicyclic) bond motifs is 8. The summed E-state index contributed by atoms with van der Waals surface area (Å²) in [5.74, 6) is 0.636. The van der Waals surface area contributed by atoms with E-state index in [0.29, 0.717) is 5.82 Å². The molecular formula is C48H29N5O. The Kier molecular flexibility index (Phi) is 6.75. The molecule has 0 aliphatic carbocycles. The minimum Gasteiger partial charge on any atom is -0.456 e. The number of benzene rings is 8. The smallest absolute Gasteiger partial charge is 0.160 e. The zero-order chi connectivity index (χ0) is 35.6. The fraction of sp³-hybridized carbons (Fsp3) is 0. The van der Waals surface area contributed by atoms with Crippen LogP contribution in [0.3, 0.4) is 0 Å².